The van der Waals surface area contributed by atoms with E-state index in [1.807, 2.05) is 4.90 Å². The fourth-order valence-corrected chi connectivity index (χ4v) is 3.47. The zero-order chi connectivity index (χ0) is 15.4. The van der Waals surface area contributed by atoms with Gasteiger partial charge in [-0.15, -0.1) is 0 Å². The molecular weight excluding hydrogens is 280 g/mol. The first-order valence-corrected chi connectivity index (χ1v) is 8.28. The molecule has 1 aromatic rings. The summed E-state index contributed by atoms with van der Waals surface area (Å²) in [5.41, 5.74) is -0.0411. The van der Waals surface area contributed by atoms with E-state index in [1.165, 1.54) is 0 Å². The lowest BCUT2D eigenvalue weighted by molar-refractivity contribution is -0.133. The Hall–Kier alpha value is -1.69. The highest BCUT2D eigenvalue weighted by Gasteiger charge is 2.26. The van der Waals surface area contributed by atoms with Crippen molar-refractivity contribution in [2.45, 2.75) is 44.7 Å². The Morgan fingerprint density at radius 2 is 2.05 bits per heavy atom. The first-order chi connectivity index (χ1) is 10.7. The minimum atomic E-state index is -0.0411. The number of carbonyl (C=O) groups excluding carboxylic acids is 1. The lowest BCUT2D eigenvalue weighted by Crippen LogP contribution is -2.44. The fraction of sp³-hybridized carbons (Fsp3) is 0.688. The number of piperidine rings is 1. The first-order valence-electron chi connectivity index (χ1n) is 8.28. The van der Waals surface area contributed by atoms with Crippen LogP contribution in [0.4, 0.5) is 0 Å². The SMILES string of the molecule is O=C1CCCCN1CCN1CCCC1Cn1ncccc1=O. The highest BCUT2D eigenvalue weighted by Crippen LogP contribution is 2.18. The van der Waals surface area contributed by atoms with Crippen LogP contribution in [0.5, 0.6) is 0 Å². The van der Waals surface area contributed by atoms with E-state index in [-0.39, 0.29) is 5.56 Å². The monoisotopic (exact) mass is 304 g/mol. The summed E-state index contributed by atoms with van der Waals surface area (Å²) in [6, 6.07) is 3.58. The Kier molecular flexibility index (Phi) is 4.87. The maximum absolute atomic E-state index is 11.9. The molecule has 1 unspecified atom stereocenters. The van der Waals surface area contributed by atoms with Gasteiger partial charge in [-0.2, -0.15) is 5.10 Å². The normalized spacial score (nSPS) is 23.2. The minimum Gasteiger partial charge on any atom is -0.341 e. The van der Waals surface area contributed by atoms with Gasteiger partial charge in [0.15, 0.2) is 0 Å². The molecule has 6 nitrogen and oxygen atoms in total. The van der Waals surface area contributed by atoms with Crippen LogP contribution in [-0.2, 0) is 11.3 Å². The highest BCUT2D eigenvalue weighted by atomic mass is 16.2. The van der Waals surface area contributed by atoms with Crippen molar-refractivity contribution in [2.75, 3.05) is 26.2 Å². The van der Waals surface area contributed by atoms with Crippen LogP contribution < -0.4 is 5.56 Å². The molecule has 0 bridgehead atoms. The maximum atomic E-state index is 11.9. The number of hydrogen-bond donors (Lipinski definition) is 0. The Morgan fingerprint density at radius 3 is 2.86 bits per heavy atom. The quantitative estimate of drug-likeness (QED) is 0.804. The molecule has 0 N–H and O–H groups in total. The first kappa shape index (κ1) is 15.2. The summed E-state index contributed by atoms with van der Waals surface area (Å²) in [5.74, 6) is 0.294. The van der Waals surface area contributed by atoms with E-state index in [2.05, 4.69) is 10.00 Å². The molecule has 3 rings (SSSR count). The Bertz CT molecular complexity index is 571. The van der Waals surface area contributed by atoms with Gasteiger partial charge in [-0.25, -0.2) is 4.68 Å². The molecule has 2 aliphatic rings. The van der Waals surface area contributed by atoms with E-state index >= 15 is 0 Å². The molecule has 1 amide bonds. The van der Waals surface area contributed by atoms with Gasteiger partial charge in [0.25, 0.3) is 5.56 Å². The second-order valence-corrected chi connectivity index (χ2v) is 6.21. The van der Waals surface area contributed by atoms with Crippen LogP contribution >= 0.6 is 0 Å². The summed E-state index contributed by atoms with van der Waals surface area (Å²) in [6.07, 6.45) is 6.76. The Balaban J connectivity index is 1.55. The second-order valence-electron chi connectivity index (χ2n) is 6.21. The van der Waals surface area contributed by atoms with Crippen LogP contribution in [0.25, 0.3) is 0 Å². The van der Waals surface area contributed by atoms with Gasteiger partial charge in [0.1, 0.15) is 0 Å². The van der Waals surface area contributed by atoms with Gasteiger partial charge in [-0.3, -0.25) is 14.5 Å². The molecule has 22 heavy (non-hydrogen) atoms. The van der Waals surface area contributed by atoms with Crippen LogP contribution in [0.3, 0.4) is 0 Å². The number of hydrogen-bond acceptors (Lipinski definition) is 4. The van der Waals surface area contributed by atoms with Crippen molar-refractivity contribution < 1.29 is 4.79 Å². The minimum absolute atomic E-state index is 0.0411. The molecule has 0 aromatic carbocycles. The highest BCUT2D eigenvalue weighted by molar-refractivity contribution is 5.76. The van der Waals surface area contributed by atoms with Crippen molar-refractivity contribution in [3.63, 3.8) is 0 Å². The molecular formula is C16H24N4O2. The third kappa shape index (κ3) is 3.55. The number of nitrogens with zero attached hydrogens (tertiary/aromatic N) is 4. The predicted molar refractivity (Wildman–Crippen MR) is 83.5 cm³/mol. The van der Waals surface area contributed by atoms with Crippen molar-refractivity contribution in [3.05, 3.63) is 28.7 Å². The molecule has 0 saturated carbocycles. The smallest absolute Gasteiger partial charge is 0.266 e. The van der Waals surface area contributed by atoms with Crippen LogP contribution in [0.15, 0.2) is 23.1 Å². The molecule has 6 heteroatoms. The number of aromatic nitrogens is 2. The molecule has 0 spiro atoms. The zero-order valence-electron chi connectivity index (χ0n) is 13.0. The average molecular weight is 304 g/mol. The molecule has 0 aliphatic carbocycles. The van der Waals surface area contributed by atoms with Gasteiger partial charge in [-0.1, -0.05) is 0 Å². The van der Waals surface area contributed by atoms with Crippen molar-refractivity contribution in [1.82, 2.24) is 19.6 Å². The van der Waals surface area contributed by atoms with E-state index in [9.17, 15) is 9.59 Å². The summed E-state index contributed by atoms with van der Waals surface area (Å²) >= 11 is 0. The van der Waals surface area contributed by atoms with Crippen molar-refractivity contribution in [3.8, 4) is 0 Å². The van der Waals surface area contributed by atoms with Gasteiger partial charge in [0.2, 0.25) is 5.91 Å². The molecule has 2 aliphatic heterocycles. The van der Waals surface area contributed by atoms with Crippen LogP contribution in [0, 0.1) is 0 Å². The summed E-state index contributed by atoms with van der Waals surface area (Å²) < 4.78 is 1.55. The number of likely N-dealkylation sites (tertiary alicyclic amines) is 2. The molecule has 0 radical (unpaired) electrons. The fourth-order valence-electron chi connectivity index (χ4n) is 3.47. The zero-order valence-corrected chi connectivity index (χ0v) is 13.0. The van der Waals surface area contributed by atoms with Gasteiger partial charge in [-0.05, 0) is 38.3 Å². The molecule has 2 fully saturated rings. The van der Waals surface area contributed by atoms with Crippen molar-refractivity contribution >= 4 is 5.91 Å². The van der Waals surface area contributed by atoms with Gasteiger partial charge in [0, 0.05) is 44.4 Å². The van der Waals surface area contributed by atoms with E-state index in [1.54, 1.807) is 23.0 Å². The molecule has 1 aromatic heterocycles. The third-order valence-electron chi connectivity index (χ3n) is 4.75. The Labute approximate surface area is 130 Å². The lowest BCUT2D eigenvalue weighted by atomic mass is 10.1. The summed E-state index contributed by atoms with van der Waals surface area (Å²) in [7, 11) is 0. The molecule has 3 heterocycles. The van der Waals surface area contributed by atoms with Gasteiger partial charge >= 0.3 is 0 Å². The van der Waals surface area contributed by atoms with E-state index in [4.69, 9.17) is 0 Å². The lowest BCUT2D eigenvalue weighted by Gasteiger charge is -2.31. The van der Waals surface area contributed by atoms with Gasteiger partial charge < -0.3 is 4.90 Å². The van der Waals surface area contributed by atoms with Crippen LogP contribution in [0.1, 0.15) is 32.1 Å². The van der Waals surface area contributed by atoms with Crippen molar-refractivity contribution in [1.29, 1.82) is 0 Å². The predicted octanol–water partition coefficient (Wildman–Crippen LogP) is 0.720. The summed E-state index contributed by atoms with van der Waals surface area (Å²) in [5, 5.41) is 4.15. The number of carbonyl (C=O) groups is 1. The van der Waals surface area contributed by atoms with Crippen molar-refractivity contribution in [2.24, 2.45) is 0 Å². The second kappa shape index (κ2) is 7.05. The number of rotatable bonds is 5. The van der Waals surface area contributed by atoms with Crippen LogP contribution in [0.2, 0.25) is 0 Å². The van der Waals surface area contributed by atoms with E-state index < -0.39 is 0 Å². The standard InChI is InChI=1S/C16H24N4O2/c21-15-6-1-2-9-19(15)12-11-18-10-4-5-14(18)13-20-16(22)7-3-8-17-20/h3,7-8,14H,1-2,4-6,9-13H2. The largest absolute Gasteiger partial charge is 0.341 e. The average Bonchev–Trinajstić information content (AvgIpc) is 2.96. The Morgan fingerprint density at radius 1 is 1.14 bits per heavy atom. The van der Waals surface area contributed by atoms with E-state index in [0.29, 0.717) is 24.9 Å². The third-order valence-corrected chi connectivity index (χ3v) is 4.75. The van der Waals surface area contributed by atoms with Crippen LogP contribution in [-0.4, -0.2) is 57.7 Å². The molecule has 2 saturated heterocycles. The summed E-state index contributed by atoms with van der Waals surface area (Å²) in [6.45, 7) is 4.31. The topological polar surface area (TPSA) is 58.4 Å². The summed E-state index contributed by atoms with van der Waals surface area (Å²) in [4.78, 5) is 28.1. The maximum Gasteiger partial charge on any atom is 0.266 e. The van der Waals surface area contributed by atoms with Gasteiger partial charge in [0.05, 0.1) is 6.54 Å². The number of amides is 1. The molecule has 120 valence electrons. The van der Waals surface area contributed by atoms with E-state index in [0.717, 1.165) is 51.9 Å². The molecule has 1 atom stereocenters.